The number of nitriles is 1. The van der Waals surface area contributed by atoms with E-state index < -0.39 is 10.0 Å². The maximum absolute atomic E-state index is 13.2. The van der Waals surface area contributed by atoms with Gasteiger partial charge in [-0.25, -0.2) is 13.4 Å². The number of imidazole rings is 1. The second kappa shape index (κ2) is 7.63. The Balaban J connectivity index is 1.68. The van der Waals surface area contributed by atoms with Gasteiger partial charge in [-0.1, -0.05) is 30.3 Å². The van der Waals surface area contributed by atoms with E-state index in [1.54, 1.807) is 11.6 Å². The average Bonchev–Trinajstić information content (AvgIpc) is 3.43. The van der Waals surface area contributed by atoms with E-state index >= 15 is 0 Å². The quantitative estimate of drug-likeness (QED) is 0.677. The maximum atomic E-state index is 13.2. The second-order valence-corrected chi connectivity index (χ2v) is 9.55. The van der Waals surface area contributed by atoms with Crippen molar-refractivity contribution in [2.75, 3.05) is 18.4 Å². The highest BCUT2D eigenvalue weighted by Gasteiger charge is 2.41. The molecule has 0 saturated carbocycles. The highest BCUT2D eigenvalue weighted by molar-refractivity contribution is 7.89. The highest BCUT2D eigenvalue weighted by atomic mass is 32.2. The summed E-state index contributed by atoms with van der Waals surface area (Å²) in [5.41, 5.74) is 3.41. The molecule has 2 atom stereocenters. The maximum Gasteiger partial charge on any atom is 0.262 e. The van der Waals surface area contributed by atoms with Crippen LogP contribution in [0.4, 0.5) is 5.69 Å². The zero-order valence-electron chi connectivity index (χ0n) is 17.1. The lowest BCUT2D eigenvalue weighted by Crippen LogP contribution is -2.32. The molecule has 30 heavy (non-hydrogen) atoms. The largest absolute Gasteiger partial charge is 0.379 e. The normalized spacial score (nSPS) is 19.7. The molecular formula is C21H24N6O2S. The minimum Gasteiger partial charge on any atom is -0.379 e. The van der Waals surface area contributed by atoms with E-state index in [9.17, 15) is 13.7 Å². The molecule has 0 aliphatic carbocycles. The first-order chi connectivity index (χ1) is 14.3. The number of nitrogens with one attached hydrogen (secondary N) is 1. The van der Waals surface area contributed by atoms with Gasteiger partial charge in [-0.3, -0.25) is 0 Å². The van der Waals surface area contributed by atoms with Gasteiger partial charge in [0.15, 0.2) is 5.03 Å². The van der Waals surface area contributed by atoms with Gasteiger partial charge >= 0.3 is 0 Å². The lowest BCUT2D eigenvalue weighted by atomic mass is 9.94. The SMILES string of the molecule is Cc1c(N[C@H]2CN(S(=O)(=O)c3cn(C)cn3)C[C@@H]2c2ccccc2)cc(C#N)n1C. The summed E-state index contributed by atoms with van der Waals surface area (Å²) in [6, 6.07) is 13.8. The summed E-state index contributed by atoms with van der Waals surface area (Å²) in [6.07, 6.45) is 3.01. The minimum atomic E-state index is -3.70. The van der Waals surface area contributed by atoms with E-state index in [-0.39, 0.29) is 17.0 Å². The lowest BCUT2D eigenvalue weighted by Gasteiger charge is -2.21. The molecule has 4 rings (SSSR count). The van der Waals surface area contributed by atoms with Crippen LogP contribution in [-0.2, 0) is 24.1 Å². The number of nitrogens with zero attached hydrogens (tertiary/aromatic N) is 5. The number of hydrogen-bond donors (Lipinski definition) is 1. The third kappa shape index (κ3) is 3.49. The first-order valence-electron chi connectivity index (χ1n) is 9.67. The molecule has 1 aromatic carbocycles. The summed E-state index contributed by atoms with van der Waals surface area (Å²) in [4.78, 5) is 4.05. The summed E-state index contributed by atoms with van der Waals surface area (Å²) in [7, 11) is -0.102. The molecule has 1 aliphatic heterocycles. The van der Waals surface area contributed by atoms with Gasteiger partial charge in [0.25, 0.3) is 10.0 Å². The zero-order chi connectivity index (χ0) is 21.5. The second-order valence-electron chi connectivity index (χ2n) is 7.67. The number of aryl methyl sites for hydroxylation is 1. The molecule has 2 aromatic heterocycles. The van der Waals surface area contributed by atoms with Gasteiger partial charge in [-0.15, -0.1) is 0 Å². The fourth-order valence-electron chi connectivity index (χ4n) is 3.96. The summed E-state index contributed by atoms with van der Waals surface area (Å²) < 4.78 is 31.3. The third-order valence-electron chi connectivity index (χ3n) is 5.79. The van der Waals surface area contributed by atoms with Crippen LogP contribution in [0.2, 0.25) is 0 Å². The third-order valence-corrected chi connectivity index (χ3v) is 7.51. The number of hydrogen-bond acceptors (Lipinski definition) is 5. The average molecular weight is 425 g/mol. The Morgan fingerprint density at radius 1 is 1.20 bits per heavy atom. The number of aromatic nitrogens is 3. The van der Waals surface area contributed by atoms with Crippen LogP contribution < -0.4 is 5.32 Å². The van der Waals surface area contributed by atoms with Crippen molar-refractivity contribution in [3.63, 3.8) is 0 Å². The van der Waals surface area contributed by atoms with Crippen LogP contribution >= 0.6 is 0 Å². The molecule has 1 saturated heterocycles. The van der Waals surface area contributed by atoms with Gasteiger partial charge in [0, 0.05) is 51.0 Å². The molecule has 0 bridgehead atoms. The van der Waals surface area contributed by atoms with E-state index in [1.807, 2.05) is 54.9 Å². The zero-order valence-corrected chi connectivity index (χ0v) is 18.0. The molecule has 156 valence electrons. The minimum absolute atomic E-state index is 0.0326. The predicted molar refractivity (Wildman–Crippen MR) is 113 cm³/mol. The molecular weight excluding hydrogens is 400 g/mol. The monoisotopic (exact) mass is 424 g/mol. The van der Waals surface area contributed by atoms with Crippen molar-refractivity contribution in [3.05, 3.63) is 65.9 Å². The molecule has 1 aliphatic rings. The lowest BCUT2D eigenvalue weighted by molar-refractivity contribution is 0.468. The first kappa shape index (κ1) is 20.2. The van der Waals surface area contributed by atoms with Gasteiger partial charge in [0.05, 0.1) is 12.0 Å². The van der Waals surface area contributed by atoms with Crippen molar-refractivity contribution in [2.24, 2.45) is 14.1 Å². The van der Waals surface area contributed by atoms with E-state index in [2.05, 4.69) is 16.4 Å². The molecule has 0 spiro atoms. The molecule has 1 fully saturated rings. The Labute approximate surface area is 176 Å². The Kier molecular flexibility index (Phi) is 5.13. The van der Waals surface area contributed by atoms with Gasteiger partial charge in [0.2, 0.25) is 0 Å². The van der Waals surface area contributed by atoms with Crippen molar-refractivity contribution in [2.45, 2.75) is 23.9 Å². The summed E-state index contributed by atoms with van der Waals surface area (Å²) in [5.74, 6) is -0.0326. The molecule has 8 nitrogen and oxygen atoms in total. The van der Waals surface area contributed by atoms with Gasteiger partial charge < -0.3 is 14.5 Å². The number of rotatable bonds is 5. The Morgan fingerprint density at radius 2 is 1.93 bits per heavy atom. The van der Waals surface area contributed by atoms with Crippen molar-refractivity contribution in [1.82, 2.24) is 18.4 Å². The molecule has 0 radical (unpaired) electrons. The van der Waals surface area contributed by atoms with Gasteiger partial charge in [-0.05, 0) is 18.6 Å². The molecule has 0 amide bonds. The van der Waals surface area contributed by atoms with Crippen LogP contribution in [0.15, 0.2) is 53.9 Å². The predicted octanol–water partition coefficient (Wildman–Crippen LogP) is 2.21. The molecule has 9 heteroatoms. The van der Waals surface area contributed by atoms with E-state index in [0.29, 0.717) is 18.8 Å². The molecule has 1 N–H and O–H groups in total. The van der Waals surface area contributed by atoms with Crippen molar-refractivity contribution in [1.29, 1.82) is 5.26 Å². The van der Waals surface area contributed by atoms with E-state index in [1.165, 1.54) is 16.8 Å². The fraction of sp³-hybridized carbons (Fsp3) is 0.333. The Bertz CT molecular complexity index is 1210. The standard InChI is InChI=1S/C21H24N6O2S/c1-15-19(9-17(10-22)26(15)3)24-20-12-27(11-18(20)16-7-5-4-6-8-16)30(28,29)21-13-25(2)14-23-21/h4-9,13-14,18,20,24H,11-12H2,1-3H3/t18-,20+/m1/s1. The van der Waals surface area contributed by atoms with Gasteiger partial charge in [0.1, 0.15) is 11.8 Å². The Morgan fingerprint density at radius 3 is 2.53 bits per heavy atom. The van der Waals surface area contributed by atoms with Crippen molar-refractivity contribution >= 4 is 15.7 Å². The van der Waals surface area contributed by atoms with E-state index in [4.69, 9.17) is 0 Å². The van der Waals surface area contributed by atoms with Crippen LogP contribution in [-0.4, -0.2) is 46.0 Å². The fourth-order valence-corrected chi connectivity index (χ4v) is 5.41. The summed E-state index contributed by atoms with van der Waals surface area (Å²) >= 11 is 0. The topological polar surface area (TPSA) is 96.0 Å². The van der Waals surface area contributed by atoms with Gasteiger partial charge in [-0.2, -0.15) is 9.57 Å². The Hall–Kier alpha value is -3.09. The molecule has 0 unspecified atom stereocenters. The first-order valence-corrected chi connectivity index (χ1v) is 11.1. The number of sulfonamides is 1. The summed E-state index contributed by atoms with van der Waals surface area (Å²) in [6.45, 7) is 2.62. The van der Waals surface area contributed by atoms with Crippen molar-refractivity contribution in [3.8, 4) is 6.07 Å². The molecule has 3 heterocycles. The van der Waals surface area contributed by atoms with Crippen LogP contribution in [0.3, 0.4) is 0 Å². The summed E-state index contributed by atoms with van der Waals surface area (Å²) in [5, 5.41) is 12.9. The smallest absolute Gasteiger partial charge is 0.262 e. The van der Waals surface area contributed by atoms with Crippen LogP contribution in [0, 0.1) is 18.3 Å². The number of anilines is 1. The highest BCUT2D eigenvalue weighted by Crippen LogP contribution is 2.34. The van der Waals surface area contributed by atoms with Crippen molar-refractivity contribution < 1.29 is 8.42 Å². The number of benzene rings is 1. The van der Waals surface area contributed by atoms with E-state index in [0.717, 1.165) is 16.9 Å². The van der Waals surface area contributed by atoms with Crippen LogP contribution in [0.25, 0.3) is 0 Å². The van der Waals surface area contributed by atoms with Crippen LogP contribution in [0.5, 0.6) is 0 Å². The van der Waals surface area contributed by atoms with Crippen LogP contribution in [0.1, 0.15) is 22.9 Å². The molecule has 3 aromatic rings.